The van der Waals surface area contributed by atoms with Crippen molar-refractivity contribution < 1.29 is 4.52 Å². The summed E-state index contributed by atoms with van der Waals surface area (Å²) in [6.07, 6.45) is 1.71. The third kappa shape index (κ3) is 3.50. The molecule has 0 N–H and O–H groups in total. The fourth-order valence-corrected chi connectivity index (χ4v) is 2.57. The lowest BCUT2D eigenvalue weighted by atomic mass is 10.3. The van der Waals surface area contributed by atoms with E-state index in [1.165, 1.54) is 0 Å². The van der Waals surface area contributed by atoms with Crippen LogP contribution in [0.2, 0.25) is 0 Å². The highest BCUT2D eigenvalue weighted by molar-refractivity contribution is 7.09. The Labute approximate surface area is 126 Å². The van der Waals surface area contributed by atoms with Crippen molar-refractivity contribution in [3.05, 3.63) is 46.4 Å². The van der Waals surface area contributed by atoms with Crippen LogP contribution in [0.4, 0.5) is 0 Å². The molecule has 0 radical (unpaired) electrons. The van der Waals surface area contributed by atoms with Crippen LogP contribution in [0, 0.1) is 6.92 Å². The first-order valence-electron chi connectivity index (χ1n) is 6.54. The molecular formula is C14H15N5OS. The minimum Gasteiger partial charge on any atom is -0.337 e. The SMILES string of the molecule is Cc1nc(CN(C)Cc2nc(-c3ccccn3)no2)cs1. The van der Waals surface area contributed by atoms with Gasteiger partial charge < -0.3 is 4.52 Å². The maximum Gasteiger partial charge on any atom is 0.241 e. The summed E-state index contributed by atoms with van der Waals surface area (Å²) in [5, 5.41) is 7.11. The van der Waals surface area contributed by atoms with Crippen molar-refractivity contribution in [2.45, 2.75) is 20.0 Å². The lowest BCUT2D eigenvalue weighted by Crippen LogP contribution is -2.17. The number of aryl methyl sites for hydroxylation is 1. The van der Waals surface area contributed by atoms with Gasteiger partial charge in [0.25, 0.3) is 0 Å². The molecular weight excluding hydrogens is 286 g/mol. The second-order valence-electron chi connectivity index (χ2n) is 4.76. The van der Waals surface area contributed by atoms with E-state index in [9.17, 15) is 0 Å². The van der Waals surface area contributed by atoms with Gasteiger partial charge in [-0.15, -0.1) is 11.3 Å². The maximum absolute atomic E-state index is 5.27. The van der Waals surface area contributed by atoms with Crippen molar-refractivity contribution in [3.63, 3.8) is 0 Å². The average molecular weight is 301 g/mol. The summed E-state index contributed by atoms with van der Waals surface area (Å²) in [7, 11) is 2.00. The van der Waals surface area contributed by atoms with Crippen molar-refractivity contribution in [1.29, 1.82) is 0 Å². The van der Waals surface area contributed by atoms with Crippen LogP contribution in [0.15, 0.2) is 34.3 Å². The number of pyridine rings is 1. The van der Waals surface area contributed by atoms with Gasteiger partial charge in [-0.25, -0.2) is 4.98 Å². The molecule has 0 atom stereocenters. The van der Waals surface area contributed by atoms with E-state index < -0.39 is 0 Å². The second-order valence-corrected chi connectivity index (χ2v) is 5.82. The Hall–Kier alpha value is -2.12. The van der Waals surface area contributed by atoms with Gasteiger partial charge in [0.2, 0.25) is 11.7 Å². The molecule has 0 unspecified atom stereocenters. The van der Waals surface area contributed by atoms with Crippen molar-refractivity contribution in [3.8, 4) is 11.5 Å². The van der Waals surface area contributed by atoms with Gasteiger partial charge in [0.05, 0.1) is 17.2 Å². The van der Waals surface area contributed by atoms with Gasteiger partial charge in [0, 0.05) is 18.1 Å². The Balaban J connectivity index is 1.64. The Kier molecular flexibility index (Phi) is 4.03. The van der Waals surface area contributed by atoms with Crippen molar-refractivity contribution >= 4 is 11.3 Å². The fourth-order valence-electron chi connectivity index (χ4n) is 1.96. The quantitative estimate of drug-likeness (QED) is 0.721. The predicted molar refractivity (Wildman–Crippen MR) is 79.6 cm³/mol. The number of thiazole rings is 1. The molecule has 0 bridgehead atoms. The van der Waals surface area contributed by atoms with Crippen LogP contribution in [0.3, 0.4) is 0 Å². The lowest BCUT2D eigenvalue weighted by molar-refractivity contribution is 0.259. The van der Waals surface area contributed by atoms with E-state index in [1.807, 2.05) is 32.2 Å². The molecule has 3 aromatic heterocycles. The highest BCUT2D eigenvalue weighted by atomic mass is 32.1. The summed E-state index contributed by atoms with van der Waals surface area (Å²) >= 11 is 1.66. The summed E-state index contributed by atoms with van der Waals surface area (Å²) in [5.74, 6) is 1.09. The monoisotopic (exact) mass is 301 g/mol. The fraction of sp³-hybridized carbons (Fsp3) is 0.286. The normalized spacial score (nSPS) is 11.2. The molecule has 0 saturated carbocycles. The first kappa shape index (κ1) is 13.8. The second kappa shape index (κ2) is 6.11. The maximum atomic E-state index is 5.27. The van der Waals surface area contributed by atoms with Crippen LogP contribution < -0.4 is 0 Å². The summed E-state index contributed by atoms with van der Waals surface area (Å²) in [5.41, 5.74) is 1.77. The van der Waals surface area contributed by atoms with Gasteiger partial charge in [-0.2, -0.15) is 4.98 Å². The van der Waals surface area contributed by atoms with E-state index in [-0.39, 0.29) is 0 Å². The molecule has 7 heteroatoms. The Morgan fingerprint density at radius 3 is 2.86 bits per heavy atom. The standard InChI is InChI=1S/C14H15N5OS/c1-10-16-11(9-21-10)7-19(2)8-13-17-14(18-20-13)12-5-3-4-6-15-12/h3-6,9H,7-8H2,1-2H3. The number of hydrogen-bond donors (Lipinski definition) is 0. The van der Waals surface area contributed by atoms with Gasteiger partial charge in [-0.05, 0) is 26.1 Å². The van der Waals surface area contributed by atoms with Crippen LogP contribution in [-0.4, -0.2) is 32.1 Å². The number of aromatic nitrogens is 4. The van der Waals surface area contributed by atoms with E-state index in [1.54, 1.807) is 17.5 Å². The van der Waals surface area contributed by atoms with Gasteiger partial charge in [0.1, 0.15) is 5.69 Å². The molecule has 3 heterocycles. The van der Waals surface area contributed by atoms with Crippen molar-refractivity contribution in [1.82, 2.24) is 25.0 Å². The summed E-state index contributed by atoms with van der Waals surface area (Å²) in [4.78, 5) is 15.1. The number of nitrogens with zero attached hydrogens (tertiary/aromatic N) is 5. The topological polar surface area (TPSA) is 67.9 Å². The minimum absolute atomic E-state index is 0.517. The molecule has 0 amide bonds. The molecule has 3 aromatic rings. The highest BCUT2D eigenvalue weighted by Crippen LogP contribution is 2.14. The van der Waals surface area contributed by atoms with Crippen LogP contribution in [0.5, 0.6) is 0 Å². The molecule has 6 nitrogen and oxygen atoms in total. The third-order valence-corrected chi connectivity index (χ3v) is 3.69. The van der Waals surface area contributed by atoms with Crippen LogP contribution in [0.1, 0.15) is 16.6 Å². The van der Waals surface area contributed by atoms with Crippen molar-refractivity contribution in [2.24, 2.45) is 0 Å². The van der Waals surface area contributed by atoms with E-state index in [2.05, 4.69) is 30.4 Å². The largest absolute Gasteiger partial charge is 0.337 e. The Morgan fingerprint density at radius 1 is 1.24 bits per heavy atom. The average Bonchev–Trinajstić information content (AvgIpc) is 3.09. The molecule has 0 aliphatic rings. The molecule has 0 spiro atoms. The van der Waals surface area contributed by atoms with Gasteiger partial charge in [0.15, 0.2) is 0 Å². The molecule has 0 aliphatic heterocycles. The lowest BCUT2D eigenvalue weighted by Gasteiger charge is -2.11. The number of hydrogen-bond acceptors (Lipinski definition) is 7. The zero-order chi connectivity index (χ0) is 14.7. The van der Waals surface area contributed by atoms with E-state index in [0.717, 1.165) is 17.2 Å². The molecule has 0 aliphatic carbocycles. The summed E-state index contributed by atoms with van der Waals surface area (Å²) < 4.78 is 5.27. The van der Waals surface area contributed by atoms with Crippen molar-refractivity contribution in [2.75, 3.05) is 7.05 Å². The first-order valence-corrected chi connectivity index (χ1v) is 7.42. The smallest absolute Gasteiger partial charge is 0.241 e. The Morgan fingerprint density at radius 2 is 2.14 bits per heavy atom. The van der Waals surface area contributed by atoms with Gasteiger partial charge in [-0.1, -0.05) is 11.2 Å². The highest BCUT2D eigenvalue weighted by Gasteiger charge is 2.12. The van der Waals surface area contributed by atoms with Crippen LogP contribution in [0.25, 0.3) is 11.5 Å². The summed E-state index contributed by atoms with van der Waals surface area (Å²) in [6.45, 7) is 3.34. The molecule has 108 valence electrons. The molecule has 3 rings (SSSR count). The molecule has 21 heavy (non-hydrogen) atoms. The molecule has 0 saturated heterocycles. The third-order valence-electron chi connectivity index (χ3n) is 2.87. The molecule has 0 fully saturated rings. The van der Waals surface area contributed by atoms with Gasteiger partial charge >= 0.3 is 0 Å². The zero-order valence-electron chi connectivity index (χ0n) is 11.9. The zero-order valence-corrected chi connectivity index (χ0v) is 12.7. The Bertz CT molecular complexity index is 709. The predicted octanol–water partition coefficient (Wildman–Crippen LogP) is 2.53. The van der Waals surface area contributed by atoms with E-state index >= 15 is 0 Å². The number of rotatable bonds is 5. The van der Waals surface area contributed by atoms with Gasteiger partial charge in [-0.3, -0.25) is 9.88 Å². The first-order chi connectivity index (χ1) is 10.2. The van der Waals surface area contributed by atoms with E-state index in [0.29, 0.717) is 24.0 Å². The van der Waals surface area contributed by atoms with Crippen LogP contribution in [-0.2, 0) is 13.1 Å². The van der Waals surface area contributed by atoms with E-state index in [4.69, 9.17) is 4.52 Å². The molecule has 0 aromatic carbocycles. The minimum atomic E-state index is 0.517. The van der Waals surface area contributed by atoms with Crippen LogP contribution >= 0.6 is 11.3 Å². The summed E-state index contributed by atoms with van der Waals surface area (Å²) in [6, 6.07) is 5.61.